The normalized spacial score (nSPS) is 23.2. The average Bonchev–Trinajstić information content (AvgIpc) is 2.86. The maximum atomic E-state index is 4.77. The van der Waals surface area contributed by atoms with Gasteiger partial charge in [-0.3, -0.25) is 0 Å². The monoisotopic (exact) mass is 264 g/mol. The van der Waals surface area contributed by atoms with Crippen LogP contribution in [-0.4, -0.2) is 27.4 Å². The van der Waals surface area contributed by atoms with Gasteiger partial charge in [0.2, 0.25) is 0 Å². The number of hydrazone groups is 1. The van der Waals surface area contributed by atoms with Gasteiger partial charge in [0, 0.05) is 17.3 Å². The highest BCUT2D eigenvalue weighted by Crippen LogP contribution is 2.30. The first kappa shape index (κ1) is 11.2. The van der Waals surface area contributed by atoms with E-state index in [0.717, 1.165) is 22.7 Å². The van der Waals surface area contributed by atoms with Gasteiger partial charge in [-0.05, 0) is 19.1 Å². The van der Waals surface area contributed by atoms with Crippen LogP contribution in [0.1, 0.15) is 23.7 Å². The first-order valence-corrected chi connectivity index (χ1v) is 6.36. The standard InChI is InChI=1S/C14H12N6/c1-14(12-7-4-8-15-18-12)17-13-11-6-3-2-5-10(11)9-16-20(13)19-14/h2-9,19H,1H3. The van der Waals surface area contributed by atoms with Crippen molar-refractivity contribution >= 4 is 12.1 Å². The van der Waals surface area contributed by atoms with Crippen LogP contribution in [0.5, 0.6) is 0 Å². The van der Waals surface area contributed by atoms with Crippen LogP contribution in [0.2, 0.25) is 0 Å². The largest absolute Gasteiger partial charge is 0.234 e. The number of hydrogen-bond donors (Lipinski definition) is 1. The van der Waals surface area contributed by atoms with Gasteiger partial charge in [0.05, 0.1) is 6.21 Å². The second-order valence-corrected chi connectivity index (χ2v) is 4.87. The summed E-state index contributed by atoms with van der Waals surface area (Å²) in [7, 11) is 0. The van der Waals surface area contributed by atoms with Crippen LogP contribution in [0.4, 0.5) is 0 Å². The molecule has 2 aromatic rings. The molecule has 4 rings (SSSR count). The lowest BCUT2D eigenvalue weighted by Crippen LogP contribution is -2.43. The molecule has 1 N–H and O–H groups in total. The Hall–Kier alpha value is -2.60. The molecule has 6 nitrogen and oxygen atoms in total. The molecule has 0 amide bonds. The van der Waals surface area contributed by atoms with Crippen LogP contribution < -0.4 is 5.43 Å². The number of aliphatic imine (C=N–C) groups is 1. The SMILES string of the molecule is CC1(c2cccnn2)N=C2c3ccccc3C=NN2N1. The Labute approximate surface area is 115 Å². The van der Waals surface area contributed by atoms with Crippen molar-refractivity contribution in [2.24, 2.45) is 10.1 Å². The molecular weight excluding hydrogens is 252 g/mol. The van der Waals surface area contributed by atoms with E-state index in [1.807, 2.05) is 49.5 Å². The Balaban J connectivity index is 1.84. The Kier molecular flexibility index (Phi) is 2.22. The van der Waals surface area contributed by atoms with Crippen molar-refractivity contribution in [3.05, 3.63) is 59.4 Å². The topological polar surface area (TPSA) is 65.8 Å². The Morgan fingerprint density at radius 2 is 2.05 bits per heavy atom. The molecule has 2 aliphatic rings. The van der Waals surface area contributed by atoms with Crippen LogP contribution in [0.15, 0.2) is 52.7 Å². The van der Waals surface area contributed by atoms with E-state index in [0.29, 0.717) is 0 Å². The predicted molar refractivity (Wildman–Crippen MR) is 74.9 cm³/mol. The summed E-state index contributed by atoms with van der Waals surface area (Å²) in [6.45, 7) is 1.96. The number of fused-ring (bicyclic) bond motifs is 3. The number of aromatic nitrogens is 2. The lowest BCUT2D eigenvalue weighted by atomic mass is 10.1. The van der Waals surface area contributed by atoms with Gasteiger partial charge in [0.15, 0.2) is 11.5 Å². The van der Waals surface area contributed by atoms with Gasteiger partial charge in [0.25, 0.3) is 0 Å². The first-order chi connectivity index (χ1) is 9.76. The Morgan fingerprint density at radius 1 is 1.15 bits per heavy atom. The number of rotatable bonds is 1. The van der Waals surface area contributed by atoms with Crippen LogP contribution in [0.3, 0.4) is 0 Å². The highest BCUT2D eigenvalue weighted by molar-refractivity contribution is 6.08. The molecule has 98 valence electrons. The van der Waals surface area contributed by atoms with Crippen molar-refractivity contribution < 1.29 is 0 Å². The zero-order valence-electron chi connectivity index (χ0n) is 10.9. The first-order valence-electron chi connectivity index (χ1n) is 6.36. The molecule has 1 atom stereocenters. The van der Waals surface area contributed by atoms with E-state index in [1.165, 1.54) is 0 Å². The summed E-state index contributed by atoms with van der Waals surface area (Å²) >= 11 is 0. The number of nitrogens with one attached hydrogen (secondary N) is 1. The molecule has 0 saturated carbocycles. The maximum absolute atomic E-state index is 4.77. The predicted octanol–water partition coefficient (Wildman–Crippen LogP) is 1.26. The molecule has 1 unspecified atom stereocenters. The number of benzene rings is 1. The molecule has 0 aliphatic carbocycles. The van der Waals surface area contributed by atoms with E-state index in [4.69, 9.17) is 4.99 Å². The van der Waals surface area contributed by atoms with Gasteiger partial charge in [0.1, 0.15) is 5.69 Å². The second kappa shape index (κ2) is 3.94. The highest BCUT2D eigenvalue weighted by atomic mass is 15.8. The zero-order chi connectivity index (χ0) is 13.6. The molecule has 0 radical (unpaired) electrons. The van der Waals surface area contributed by atoms with Crippen molar-refractivity contribution in [3.8, 4) is 0 Å². The molecule has 0 spiro atoms. The molecule has 3 heterocycles. The molecule has 0 fully saturated rings. The molecule has 6 heteroatoms. The third-order valence-electron chi connectivity index (χ3n) is 3.44. The Bertz CT molecular complexity index is 723. The molecule has 1 aromatic heterocycles. The lowest BCUT2D eigenvalue weighted by molar-refractivity contribution is 0.235. The van der Waals surface area contributed by atoms with E-state index in [-0.39, 0.29) is 0 Å². The van der Waals surface area contributed by atoms with Gasteiger partial charge in [-0.2, -0.15) is 25.8 Å². The molecule has 2 aliphatic heterocycles. The van der Waals surface area contributed by atoms with Crippen LogP contribution in [-0.2, 0) is 5.66 Å². The van der Waals surface area contributed by atoms with Crippen molar-refractivity contribution in [1.82, 2.24) is 20.7 Å². The summed E-state index contributed by atoms with van der Waals surface area (Å²) in [6, 6.07) is 11.8. The number of nitrogens with zero attached hydrogens (tertiary/aromatic N) is 5. The van der Waals surface area contributed by atoms with Gasteiger partial charge >= 0.3 is 0 Å². The highest BCUT2D eigenvalue weighted by Gasteiger charge is 2.39. The minimum atomic E-state index is -0.654. The summed E-state index contributed by atoms with van der Waals surface area (Å²) in [5, 5.41) is 14.1. The molecule has 20 heavy (non-hydrogen) atoms. The third-order valence-corrected chi connectivity index (χ3v) is 3.44. The van der Waals surface area contributed by atoms with E-state index >= 15 is 0 Å². The number of hydrazine groups is 1. The van der Waals surface area contributed by atoms with Crippen LogP contribution >= 0.6 is 0 Å². The molecule has 1 aromatic carbocycles. The van der Waals surface area contributed by atoms with Crippen molar-refractivity contribution in [2.75, 3.05) is 0 Å². The number of hydrogen-bond acceptors (Lipinski definition) is 6. The van der Waals surface area contributed by atoms with Crippen LogP contribution in [0, 0.1) is 0 Å². The third kappa shape index (κ3) is 1.55. The van der Waals surface area contributed by atoms with Gasteiger partial charge in [-0.15, -0.1) is 0 Å². The fourth-order valence-corrected chi connectivity index (χ4v) is 2.41. The Morgan fingerprint density at radius 3 is 2.90 bits per heavy atom. The van der Waals surface area contributed by atoms with E-state index in [1.54, 1.807) is 11.3 Å². The fourth-order valence-electron chi connectivity index (χ4n) is 2.41. The number of amidine groups is 1. The smallest absolute Gasteiger partial charge is 0.172 e. The van der Waals surface area contributed by atoms with Crippen molar-refractivity contribution in [1.29, 1.82) is 0 Å². The summed E-state index contributed by atoms with van der Waals surface area (Å²) in [5.74, 6) is 0.802. The minimum Gasteiger partial charge on any atom is -0.234 e. The average molecular weight is 264 g/mol. The lowest BCUT2D eigenvalue weighted by Gasteiger charge is -2.23. The van der Waals surface area contributed by atoms with E-state index in [2.05, 4.69) is 20.7 Å². The van der Waals surface area contributed by atoms with Crippen molar-refractivity contribution in [2.45, 2.75) is 12.6 Å². The quantitative estimate of drug-likeness (QED) is 0.842. The fraction of sp³-hybridized carbons (Fsp3) is 0.143. The van der Waals surface area contributed by atoms with Gasteiger partial charge < -0.3 is 0 Å². The molecular formula is C14H12N6. The summed E-state index contributed by atoms with van der Waals surface area (Å²) in [6.07, 6.45) is 3.47. The van der Waals surface area contributed by atoms with E-state index < -0.39 is 5.66 Å². The van der Waals surface area contributed by atoms with Crippen LogP contribution in [0.25, 0.3) is 0 Å². The summed E-state index contributed by atoms with van der Waals surface area (Å²) < 4.78 is 0. The second-order valence-electron chi connectivity index (χ2n) is 4.87. The molecule has 0 saturated heterocycles. The maximum Gasteiger partial charge on any atom is 0.172 e. The van der Waals surface area contributed by atoms with Crippen molar-refractivity contribution in [3.63, 3.8) is 0 Å². The summed E-state index contributed by atoms with van der Waals surface area (Å²) in [4.78, 5) is 4.77. The zero-order valence-corrected chi connectivity index (χ0v) is 10.9. The molecule has 0 bridgehead atoms. The minimum absolute atomic E-state index is 0.654. The van der Waals surface area contributed by atoms with Gasteiger partial charge in [-0.25, -0.2) is 4.99 Å². The van der Waals surface area contributed by atoms with Gasteiger partial charge in [-0.1, -0.05) is 24.3 Å². The summed E-state index contributed by atoms with van der Waals surface area (Å²) in [5.41, 5.74) is 5.48. The van der Waals surface area contributed by atoms with E-state index in [9.17, 15) is 0 Å².